The van der Waals surface area contributed by atoms with Crippen molar-refractivity contribution in [3.05, 3.63) is 287 Å². The summed E-state index contributed by atoms with van der Waals surface area (Å²) < 4.78 is 82.8. The third kappa shape index (κ3) is 18.2. The molecule has 2 heterocycles. The van der Waals surface area contributed by atoms with E-state index in [2.05, 4.69) is 0 Å². The average molecular weight is 1220 g/mol. The molecule has 8 aromatic rings. The minimum absolute atomic E-state index is 0.0131. The summed E-state index contributed by atoms with van der Waals surface area (Å²) in [5, 5.41) is 0. The van der Waals surface area contributed by atoms with E-state index in [-0.39, 0.29) is 78.3 Å². The van der Waals surface area contributed by atoms with Crippen LogP contribution in [0.2, 0.25) is 0 Å². The highest BCUT2D eigenvalue weighted by molar-refractivity contribution is 5.78. The third-order valence-corrected chi connectivity index (χ3v) is 16.1. The number of benzene rings is 8. The number of carbonyl (C=O) groups excluding carboxylic acids is 2. The zero-order chi connectivity index (χ0) is 62.2. The topological polar surface area (TPSA) is 148 Å². The van der Waals surface area contributed by atoms with Crippen LogP contribution in [0, 0.1) is 0 Å². The van der Waals surface area contributed by atoms with Crippen molar-refractivity contribution in [2.24, 2.45) is 0 Å². The number of hydrogen-bond donors (Lipinski definition) is 0. The Morgan fingerprint density at radius 3 is 1.33 bits per heavy atom. The molecule has 0 unspecified atom stereocenters. The van der Waals surface area contributed by atoms with Crippen LogP contribution in [0.25, 0.3) is 0 Å². The van der Waals surface area contributed by atoms with Gasteiger partial charge in [-0.3, -0.25) is 4.79 Å². The number of carbonyl (C=O) groups is 2. The number of ether oxygens (including phenoxy) is 12. The maximum atomic E-state index is 15.5. The lowest BCUT2D eigenvalue weighted by molar-refractivity contribution is -0.354. The molecule has 0 bridgehead atoms. The summed E-state index contributed by atoms with van der Waals surface area (Å²) in [6.45, 7) is 2.37. The smallest absolute Gasteiger partial charge is 0.366 e. The van der Waals surface area contributed by atoms with E-state index in [1.165, 1.54) is 14.0 Å². The zero-order valence-corrected chi connectivity index (χ0v) is 51.3. The fraction of sp³-hybridized carbons (Fsp3) is 0.333. The minimum Gasteiger partial charge on any atom is -0.465 e. The van der Waals surface area contributed by atoms with Crippen molar-refractivity contribution in [3.8, 4) is 0 Å². The van der Waals surface area contributed by atoms with Crippen molar-refractivity contribution >= 4 is 11.9 Å². The summed E-state index contributed by atoms with van der Waals surface area (Å²) in [7, 11) is 2.83. The Balaban J connectivity index is 1.09. The maximum absolute atomic E-state index is 15.5. The summed E-state index contributed by atoms with van der Waals surface area (Å²) in [6.07, 6.45) is -9.32. The van der Waals surface area contributed by atoms with Gasteiger partial charge >= 0.3 is 5.97 Å². The number of hydrogen-bond acceptors (Lipinski definition) is 14. The Hall–Kier alpha value is -7.74. The van der Waals surface area contributed by atoms with Gasteiger partial charge < -0.3 is 61.7 Å². The van der Waals surface area contributed by atoms with Gasteiger partial charge in [0.2, 0.25) is 5.91 Å². The Bertz CT molecular complexity index is 3320. The molecule has 0 saturated carbocycles. The van der Waals surface area contributed by atoms with Gasteiger partial charge in [0.1, 0.15) is 42.7 Å². The molecule has 0 aromatic heterocycles. The lowest BCUT2D eigenvalue weighted by Crippen LogP contribution is -2.70. The third-order valence-electron chi connectivity index (χ3n) is 16.1. The molecule has 470 valence electrons. The molecule has 10 rings (SSSR count). The van der Waals surface area contributed by atoms with Crippen LogP contribution in [0.15, 0.2) is 243 Å². The molecule has 2 aliphatic rings. The molecule has 1 amide bonds. The summed E-state index contributed by atoms with van der Waals surface area (Å²) in [5.41, 5.74) is 7.13. The molecule has 2 fully saturated rings. The van der Waals surface area contributed by atoms with Crippen LogP contribution in [0.1, 0.15) is 57.9 Å². The normalized spacial score (nSPS) is 22.3. The summed E-state index contributed by atoms with van der Waals surface area (Å²) in [5.74, 6) is -3.46. The van der Waals surface area contributed by atoms with Crippen molar-refractivity contribution in [1.29, 1.82) is 0 Å². The van der Waals surface area contributed by atoms with E-state index in [0.717, 1.165) is 44.5 Å². The first kappa shape index (κ1) is 65.2. The number of methoxy groups -OCH3 is 2. The molecule has 90 heavy (non-hydrogen) atoms. The van der Waals surface area contributed by atoms with Crippen LogP contribution in [-0.2, 0) is 119 Å². The van der Waals surface area contributed by atoms with Gasteiger partial charge in [0, 0.05) is 27.0 Å². The highest BCUT2D eigenvalue weighted by Crippen LogP contribution is 2.42. The number of amides is 1. The second-order valence-corrected chi connectivity index (χ2v) is 22.5. The standard InChI is InChI=1S/C75H81NO14/c1-55(77)76(45-56-28-12-4-13-29-56)67-64(82-47-58-32-16-6-17-33-58)44-75(74(78)80-3,90-70(67)68(84-49-60-36-20-8-21-37-60)65(83-48-59-34-18-7-19-35-59)53-81-46-57-30-14-5-15-31-57)88-54-66-69(85-50-61-38-22-9-23-39-61)71(86-51-62-40-24-10-25-41-62)72(73(79-2)89-66)87-52-63-42-26-11-27-43-63/h4-43,64-73H,44-54H2,1-3H3/t64-,65+,66+,67+,68+,69-,70+,71-,72+,73-,75-/m0/s1. The minimum atomic E-state index is -2.30. The summed E-state index contributed by atoms with van der Waals surface area (Å²) in [4.78, 5) is 32.1. The lowest BCUT2D eigenvalue weighted by Gasteiger charge is -2.52. The molecule has 0 radical (unpaired) electrons. The number of esters is 1. The van der Waals surface area contributed by atoms with Crippen molar-refractivity contribution < 1.29 is 66.4 Å². The predicted molar refractivity (Wildman–Crippen MR) is 339 cm³/mol. The van der Waals surface area contributed by atoms with Crippen molar-refractivity contribution in [3.63, 3.8) is 0 Å². The van der Waals surface area contributed by atoms with E-state index >= 15 is 4.79 Å². The fourth-order valence-corrected chi connectivity index (χ4v) is 11.5. The Labute approximate surface area is 528 Å². The molecule has 2 aliphatic heterocycles. The molecule has 8 aromatic carbocycles. The number of rotatable bonds is 32. The molecular weight excluding hydrogens is 1140 g/mol. The summed E-state index contributed by atoms with van der Waals surface area (Å²) in [6, 6.07) is 77.3. The van der Waals surface area contributed by atoms with E-state index in [0.29, 0.717) is 0 Å². The van der Waals surface area contributed by atoms with Crippen LogP contribution < -0.4 is 0 Å². The van der Waals surface area contributed by atoms with Crippen molar-refractivity contribution in [1.82, 2.24) is 4.90 Å². The van der Waals surface area contributed by atoms with Gasteiger partial charge in [0.25, 0.3) is 5.79 Å². The number of nitrogens with zero attached hydrogens (tertiary/aromatic N) is 1. The van der Waals surface area contributed by atoms with Gasteiger partial charge in [-0.15, -0.1) is 0 Å². The zero-order valence-electron chi connectivity index (χ0n) is 51.3. The fourth-order valence-electron chi connectivity index (χ4n) is 11.5. The first-order valence-corrected chi connectivity index (χ1v) is 30.7. The Kier molecular flexibility index (Phi) is 24.6. The average Bonchev–Trinajstić information content (AvgIpc) is 0.762. The van der Waals surface area contributed by atoms with Crippen LogP contribution in [0.3, 0.4) is 0 Å². The molecule has 15 nitrogen and oxygen atoms in total. The molecule has 15 heteroatoms. The lowest BCUT2D eigenvalue weighted by atomic mass is 9.86. The molecule has 0 spiro atoms. The largest absolute Gasteiger partial charge is 0.465 e. The van der Waals surface area contributed by atoms with Crippen LogP contribution in [0.4, 0.5) is 0 Å². The van der Waals surface area contributed by atoms with Crippen molar-refractivity contribution in [2.45, 2.75) is 133 Å². The van der Waals surface area contributed by atoms with E-state index in [9.17, 15) is 4.79 Å². The SMILES string of the molecule is COC(=O)[C@]1(OC[C@H]2O[C@H](OC)[C@H](OCc3ccccc3)[C@@H](OCc3ccccc3)[C@H]2OCc2ccccc2)C[C@H](OCc2ccccc2)[C@@H](N(Cc2ccccc2)C(C)=O)[C@H]([C@H](OCc2ccccc2)[C@@H](COCc2ccccc2)OCc2ccccc2)O1. The molecular formula is C75H81NO14. The van der Waals surface area contributed by atoms with E-state index in [1.54, 1.807) is 12.0 Å². The predicted octanol–water partition coefficient (Wildman–Crippen LogP) is 12.2. The first-order valence-electron chi connectivity index (χ1n) is 30.7. The van der Waals surface area contributed by atoms with Crippen LogP contribution in [-0.4, -0.2) is 111 Å². The highest BCUT2D eigenvalue weighted by Gasteiger charge is 2.60. The van der Waals surface area contributed by atoms with E-state index in [4.69, 9.17) is 56.8 Å². The monoisotopic (exact) mass is 1220 g/mol. The van der Waals surface area contributed by atoms with Gasteiger partial charge in [-0.05, 0) is 44.5 Å². The van der Waals surface area contributed by atoms with Gasteiger partial charge in [-0.1, -0.05) is 243 Å². The van der Waals surface area contributed by atoms with E-state index < -0.39 is 72.9 Å². The van der Waals surface area contributed by atoms with Crippen LogP contribution >= 0.6 is 0 Å². The molecule has 0 aliphatic carbocycles. The van der Waals surface area contributed by atoms with Crippen molar-refractivity contribution in [2.75, 3.05) is 27.4 Å². The van der Waals surface area contributed by atoms with E-state index in [1.807, 2.05) is 243 Å². The molecule has 11 atom stereocenters. The Morgan fingerprint density at radius 2 is 0.889 bits per heavy atom. The van der Waals surface area contributed by atoms with Gasteiger partial charge in [0.15, 0.2) is 6.29 Å². The van der Waals surface area contributed by atoms with Crippen LogP contribution in [0.5, 0.6) is 0 Å². The first-order chi connectivity index (χ1) is 44.3. The van der Waals surface area contributed by atoms with Gasteiger partial charge in [-0.2, -0.15) is 0 Å². The van der Waals surface area contributed by atoms with Gasteiger partial charge in [0.05, 0.1) is 78.7 Å². The molecule has 0 N–H and O–H groups in total. The second kappa shape index (κ2) is 33.9. The Morgan fingerprint density at radius 1 is 0.489 bits per heavy atom. The quantitative estimate of drug-likeness (QED) is 0.0368. The molecule has 2 saturated heterocycles. The maximum Gasteiger partial charge on any atom is 0.366 e. The second-order valence-electron chi connectivity index (χ2n) is 22.5. The summed E-state index contributed by atoms with van der Waals surface area (Å²) >= 11 is 0. The highest BCUT2D eigenvalue weighted by atomic mass is 16.8. The van der Waals surface area contributed by atoms with Gasteiger partial charge in [-0.25, -0.2) is 4.79 Å².